The molecule has 3 nitrogen and oxygen atoms in total. The van der Waals surface area contributed by atoms with E-state index in [1.807, 2.05) is 6.07 Å². The van der Waals surface area contributed by atoms with Crippen LogP contribution < -0.4 is 5.32 Å². The molecule has 0 unspecified atom stereocenters. The van der Waals surface area contributed by atoms with Crippen LogP contribution in [-0.2, 0) is 6.42 Å². The van der Waals surface area contributed by atoms with Crippen LogP contribution >= 0.6 is 15.9 Å². The first-order valence-corrected chi connectivity index (χ1v) is 6.90. The van der Waals surface area contributed by atoms with Gasteiger partial charge in [0.15, 0.2) is 0 Å². The Balaban J connectivity index is 1.86. The molecule has 0 aliphatic carbocycles. The van der Waals surface area contributed by atoms with Crippen molar-refractivity contribution in [1.29, 1.82) is 0 Å². The average Bonchev–Trinajstić information content (AvgIpc) is 2.39. The summed E-state index contributed by atoms with van der Waals surface area (Å²) in [6, 6.07) is 11.8. The van der Waals surface area contributed by atoms with Crippen molar-refractivity contribution in [2.24, 2.45) is 0 Å². The first-order chi connectivity index (χ1) is 9.15. The van der Waals surface area contributed by atoms with Gasteiger partial charge in [-0.05, 0) is 47.0 Å². The molecule has 1 heterocycles. The molecule has 0 radical (unpaired) electrons. The molecule has 1 N–H and O–H groups in total. The lowest BCUT2D eigenvalue weighted by Gasteiger charge is -2.06. The van der Waals surface area contributed by atoms with E-state index in [9.17, 15) is 4.79 Å². The molecule has 1 amide bonds. The van der Waals surface area contributed by atoms with E-state index in [1.165, 1.54) is 11.1 Å². The minimum atomic E-state index is -0.0901. The summed E-state index contributed by atoms with van der Waals surface area (Å²) < 4.78 is 0.726. The number of pyridine rings is 1. The van der Waals surface area contributed by atoms with E-state index in [0.29, 0.717) is 12.1 Å². The van der Waals surface area contributed by atoms with Crippen LogP contribution in [0.3, 0.4) is 0 Å². The van der Waals surface area contributed by atoms with Crippen molar-refractivity contribution in [3.05, 3.63) is 63.9 Å². The van der Waals surface area contributed by atoms with Gasteiger partial charge in [0, 0.05) is 12.7 Å². The second-order valence-electron chi connectivity index (χ2n) is 4.36. The van der Waals surface area contributed by atoms with Gasteiger partial charge in [0.25, 0.3) is 5.91 Å². The second-order valence-corrected chi connectivity index (χ2v) is 5.18. The molecule has 0 saturated carbocycles. The van der Waals surface area contributed by atoms with Crippen LogP contribution in [0.25, 0.3) is 0 Å². The van der Waals surface area contributed by atoms with Crippen molar-refractivity contribution in [2.75, 3.05) is 6.54 Å². The maximum Gasteiger partial charge on any atom is 0.252 e. The Bertz CT molecular complexity index is 567. The van der Waals surface area contributed by atoms with Crippen molar-refractivity contribution in [2.45, 2.75) is 13.3 Å². The molecule has 0 aliphatic rings. The Labute approximate surface area is 121 Å². The topological polar surface area (TPSA) is 42.0 Å². The Morgan fingerprint density at radius 2 is 2.16 bits per heavy atom. The Morgan fingerprint density at radius 3 is 2.84 bits per heavy atom. The smallest absolute Gasteiger partial charge is 0.252 e. The lowest BCUT2D eigenvalue weighted by atomic mass is 10.1. The lowest BCUT2D eigenvalue weighted by molar-refractivity contribution is 0.0954. The van der Waals surface area contributed by atoms with Gasteiger partial charge in [0.1, 0.15) is 4.60 Å². The third-order valence-corrected chi connectivity index (χ3v) is 3.24. The van der Waals surface area contributed by atoms with Gasteiger partial charge in [-0.1, -0.05) is 29.8 Å². The maximum absolute atomic E-state index is 11.8. The van der Waals surface area contributed by atoms with Gasteiger partial charge in [0.05, 0.1) is 5.56 Å². The van der Waals surface area contributed by atoms with E-state index in [4.69, 9.17) is 0 Å². The number of carbonyl (C=O) groups is 1. The van der Waals surface area contributed by atoms with Gasteiger partial charge in [-0.25, -0.2) is 4.98 Å². The first kappa shape index (κ1) is 13.7. The van der Waals surface area contributed by atoms with Crippen LogP contribution in [0.5, 0.6) is 0 Å². The molecule has 0 atom stereocenters. The highest BCUT2D eigenvalue weighted by Gasteiger charge is 2.04. The summed E-state index contributed by atoms with van der Waals surface area (Å²) in [4.78, 5) is 15.9. The average molecular weight is 319 g/mol. The van der Waals surface area contributed by atoms with Crippen LogP contribution in [-0.4, -0.2) is 17.4 Å². The molecule has 0 aliphatic heterocycles. The molecule has 19 heavy (non-hydrogen) atoms. The van der Waals surface area contributed by atoms with Crippen LogP contribution in [0, 0.1) is 6.92 Å². The first-order valence-electron chi connectivity index (χ1n) is 6.10. The van der Waals surface area contributed by atoms with E-state index in [0.717, 1.165) is 11.0 Å². The van der Waals surface area contributed by atoms with E-state index in [1.54, 1.807) is 18.3 Å². The fraction of sp³-hybridized carbons (Fsp3) is 0.200. The zero-order valence-electron chi connectivity index (χ0n) is 10.7. The number of nitrogens with zero attached hydrogens (tertiary/aromatic N) is 1. The molecule has 2 rings (SSSR count). The zero-order chi connectivity index (χ0) is 13.7. The van der Waals surface area contributed by atoms with Crippen LogP contribution in [0.1, 0.15) is 21.5 Å². The Kier molecular flexibility index (Phi) is 4.68. The summed E-state index contributed by atoms with van der Waals surface area (Å²) in [5, 5.41) is 2.89. The molecule has 4 heteroatoms. The molecular weight excluding hydrogens is 304 g/mol. The number of aromatic nitrogens is 1. The number of nitrogens with one attached hydrogen (secondary N) is 1. The molecule has 2 aromatic rings. The van der Waals surface area contributed by atoms with Gasteiger partial charge in [-0.2, -0.15) is 0 Å². The number of aryl methyl sites for hydroxylation is 1. The van der Waals surface area contributed by atoms with E-state index in [-0.39, 0.29) is 5.91 Å². The summed E-state index contributed by atoms with van der Waals surface area (Å²) in [6.45, 7) is 2.69. The number of rotatable bonds is 4. The highest BCUT2D eigenvalue weighted by molar-refractivity contribution is 9.10. The second kappa shape index (κ2) is 6.48. The van der Waals surface area contributed by atoms with Crippen molar-refractivity contribution in [1.82, 2.24) is 10.3 Å². The Morgan fingerprint density at radius 1 is 1.32 bits per heavy atom. The molecule has 1 aromatic heterocycles. The molecule has 1 aromatic carbocycles. The standard InChI is InChI=1S/C15H15BrN2O/c1-11-3-2-4-12(9-11)7-8-17-15(19)13-5-6-14(16)18-10-13/h2-6,9-10H,7-8H2,1H3,(H,17,19). The summed E-state index contributed by atoms with van der Waals surface area (Å²) in [5.74, 6) is -0.0901. The highest BCUT2D eigenvalue weighted by atomic mass is 79.9. The van der Waals surface area contributed by atoms with Crippen molar-refractivity contribution < 1.29 is 4.79 Å². The molecule has 0 spiro atoms. The number of carbonyl (C=O) groups excluding carboxylic acids is 1. The SMILES string of the molecule is Cc1cccc(CCNC(=O)c2ccc(Br)nc2)c1. The predicted octanol–water partition coefficient (Wildman–Crippen LogP) is 3.13. The molecule has 0 fully saturated rings. The number of halogens is 1. The van der Waals surface area contributed by atoms with Crippen molar-refractivity contribution >= 4 is 21.8 Å². The maximum atomic E-state index is 11.8. The summed E-state index contributed by atoms with van der Waals surface area (Å²) in [5.41, 5.74) is 3.04. The predicted molar refractivity (Wildman–Crippen MR) is 79.2 cm³/mol. The molecule has 0 saturated heterocycles. The highest BCUT2D eigenvalue weighted by Crippen LogP contribution is 2.07. The third-order valence-electron chi connectivity index (χ3n) is 2.77. The molecule has 98 valence electrons. The summed E-state index contributed by atoms with van der Waals surface area (Å²) in [7, 11) is 0. The minimum absolute atomic E-state index is 0.0901. The minimum Gasteiger partial charge on any atom is -0.352 e. The van der Waals surface area contributed by atoms with Gasteiger partial charge in [0.2, 0.25) is 0 Å². The van der Waals surface area contributed by atoms with Crippen molar-refractivity contribution in [3.8, 4) is 0 Å². The van der Waals surface area contributed by atoms with E-state index < -0.39 is 0 Å². The zero-order valence-corrected chi connectivity index (χ0v) is 12.3. The summed E-state index contributed by atoms with van der Waals surface area (Å²) >= 11 is 3.24. The fourth-order valence-corrected chi connectivity index (χ4v) is 2.03. The number of hydrogen-bond acceptors (Lipinski definition) is 2. The van der Waals surface area contributed by atoms with Crippen LogP contribution in [0.2, 0.25) is 0 Å². The van der Waals surface area contributed by atoms with Gasteiger partial charge >= 0.3 is 0 Å². The van der Waals surface area contributed by atoms with Crippen LogP contribution in [0.4, 0.5) is 0 Å². The van der Waals surface area contributed by atoms with Gasteiger partial charge in [-0.15, -0.1) is 0 Å². The lowest BCUT2D eigenvalue weighted by Crippen LogP contribution is -2.25. The van der Waals surface area contributed by atoms with E-state index in [2.05, 4.69) is 51.4 Å². The Hall–Kier alpha value is -1.68. The molecule has 0 bridgehead atoms. The van der Waals surface area contributed by atoms with Gasteiger partial charge in [-0.3, -0.25) is 4.79 Å². The summed E-state index contributed by atoms with van der Waals surface area (Å²) in [6.07, 6.45) is 2.39. The number of amides is 1. The van der Waals surface area contributed by atoms with Crippen molar-refractivity contribution in [3.63, 3.8) is 0 Å². The normalized spacial score (nSPS) is 10.2. The number of benzene rings is 1. The largest absolute Gasteiger partial charge is 0.352 e. The number of hydrogen-bond donors (Lipinski definition) is 1. The van der Waals surface area contributed by atoms with E-state index >= 15 is 0 Å². The van der Waals surface area contributed by atoms with Crippen LogP contribution in [0.15, 0.2) is 47.2 Å². The molecular formula is C15H15BrN2O. The quantitative estimate of drug-likeness (QED) is 0.880. The fourth-order valence-electron chi connectivity index (χ4n) is 1.80. The van der Waals surface area contributed by atoms with Gasteiger partial charge < -0.3 is 5.32 Å². The third kappa shape index (κ3) is 4.17. The monoisotopic (exact) mass is 318 g/mol.